The Morgan fingerprint density at radius 1 is 0.935 bits per heavy atom. The number of nitrogens with zero attached hydrogens (tertiary/aromatic N) is 2. The van der Waals surface area contributed by atoms with E-state index >= 15 is 0 Å². The van der Waals surface area contributed by atoms with Crippen LogP contribution in [0.4, 0.5) is 9.59 Å². The predicted molar refractivity (Wildman–Crippen MR) is 113 cm³/mol. The Kier molecular flexibility index (Phi) is 7.08. The van der Waals surface area contributed by atoms with E-state index in [2.05, 4.69) is 0 Å². The summed E-state index contributed by atoms with van der Waals surface area (Å²) in [6, 6.07) is 9.44. The van der Waals surface area contributed by atoms with E-state index < -0.39 is 23.7 Å². The summed E-state index contributed by atoms with van der Waals surface area (Å²) in [5.74, 6) is -0.968. The third-order valence-electron chi connectivity index (χ3n) is 5.58. The minimum absolute atomic E-state index is 0.0417. The summed E-state index contributed by atoms with van der Waals surface area (Å²) in [5.41, 5.74) is 0.295. The fraction of sp³-hybridized carbons (Fsp3) is 0.609. The summed E-state index contributed by atoms with van der Waals surface area (Å²) in [7, 11) is 0. The van der Waals surface area contributed by atoms with E-state index in [4.69, 9.17) is 14.2 Å². The van der Waals surface area contributed by atoms with E-state index in [0.29, 0.717) is 19.6 Å². The summed E-state index contributed by atoms with van der Waals surface area (Å²) in [6.07, 6.45) is -0.866. The average Bonchev–Trinajstić information content (AvgIpc) is 3.15. The van der Waals surface area contributed by atoms with Gasteiger partial charge in [0, 0.05) is 26.2 Å². The molecule has 3 unspecified atom stereocenters. The van der Waals surface area contributed by atoms with Gasteiger partial charge in [0.25, 0.3) is 0 Å². The summed E-state index contributed by atoms with van der Waals surface area (Å²) in [5, 5.41) is 0. The van der Waals surface area contributed by atoms with Crippen molar-refractivity contribution in [2.75, 3.05) is 32.8 Å². The van der Waals surface area contributed by atoms with Gasteiger partial charge in [0.1, 0.15) is 12.2 Å². The molecule has 0 N–H and O–H groups in total. The number of carbonyl (C=O) groups is 3. The zero-order chi connectivity index (χ0) is 22.6. The van der Waals surface area contributed by atoms with Crippen LogP contribution in [0.15, 0.2) is 30.3 Å². The SMILES string of the molecule is CCOC(=O)C1CN(C(=O)OCc2ccccc2)CC2CN(C(=O)OC(C)(C)C)CC21. The molecular formula is C23H32N2O6. The van der Waals surface area contributed by atoms with Gasteiger partial charge in [-0.05, 0) is 45.1 Å². The Hall–Kier alpha value is -2.77. The molecule has 2 fully saturated rings. The number of hydrogen-bond donors (Lipinski definition) is 0. The molecular weight excluding hydrogens is 400 g/mol. The molecule has 31 heavy (non-hydrogen) atoms. The first-order valence-electron chi connectivity index (χ1n) is 10.8. The van der Waals surface area contributed by atoms with Crippen molar-refractivity contribution in [3.05, 3.63) is 35.9 Å². The van der Waals surface area contributed by atoms with Crippen molar-refractivity contribution in [3.63, 3.8) is 0 Å². The van der Waals surface area contributed by atoms with E-state index in [-0.39, 0.29) is 37.6 Å². The van der Waals surface area contributed by atoms with Crippen molar-refractivity contribution in [3.8, 4) is 0 Å². The standard InChI is InChI=1S/C23H32N2O6/c1-5-29-20(26)19-14-24(21(27)30-15-16-9-7-6-8-10-16)11-17-12-25(13-18(17)19)22(28)31-23(2,3)4/h6-10,17-19H,5,11-15H2,1-4H3. The smallest absolute Gasteiger partial charge is 0.410 e. The van der Waals surface area contributed by atoms with Crippen LogP contribution in [0.1, 0.15) is 33.3 Å². The number of benzene rings is 1. The van der Waals surface area contributed by atoms with Gasteiger partial charge in [0.15, 0.2) is 0 Å². The van der Waals surface area contributed by atoms with Crippen LogP contribution in [0.2, 0.25) is 0 Å². The Balaban J connectivity index is 1.69. The third-order valence-corrected chi connectivity index (χ3v) is 5.58. The fourth-order valence-electron chi connectivity index (χ4n) is 4.21. The van der Waals surface area contributed by atoms with Crippen LogP contribution in [-0.4, -0.2) is 66.3 Å². The molecule has 0 spiro atoms. The second-order valence-electron chi connectivity index (χ2n) is 9.11. The highest BCUT2D eigenvalue weighted by Gasteiger charge is 2.49. The highest BCUT2D eigenvalue weighted by molar-refractivity contribution is 5.76. The van der Waals surface area contributed by atoms with Crippen LogP contribution in [0.3, 0.4) is 0 Å². The van der Waals surface area contributed by atoms with E-state index in [0.717, 1.165) is 5.56 Å². The Morgan fingerprint density at radius 3 is 2.19 bits per heavy atom. The predicted octanol–water partition coefficient (Wildman–Crippen LogP) is 3.30. The quantitative estimate of drug-likeness (QED) is 0.536. The first kappa shape index (κ1) is 22.9. The maximum atomic E-state index is 12.7. The Morgan fingerprint density at radius 2 is 1.58 bits per heavy atom. The monoisotopic (exact) mass is 432 g/mol. The molecule has 0 radical (unpaired) electrons. The highest BCUT2D eigenvalue weighted by Crippen LogP contribution is 2.36. The van der Waals surface area contributed by atoms with Gasteiger partial charge in [0.05, 0.1) is 12.5 Å². The summed E-state index contributed by atoms with van der Waals surface area (Å²) in [4.78, 5) is 41.1. The molecule has 0 bridgehead atoms. The maximum Gasteiger partial charge on any atom is 0.410 e. The van der Waals surface area contributed by atoms with E-state index in [1.54, 1.807) is 16.7 Å². The van der Waals surface area contributed by atoms with Gasteiger partial charge < -0.3 is 24.0 Å². The molecule has 2 heterocycles. The lowest BCUT2D eigenvalue weighted by molar-refractivity contribution is -0.152. The lowest BCUT2D eigenvalue weighted by Crippen LogP contribution is -2.51. The van der Waals surface area contributed by atoms with Gasteiger partial charge in [-0.25, -0.2) is 9.59 Å². The van der Waals surface area contributed by atoms with Gasteiger partial charge in [-0.15, -0.1) is 0 Å². The van der Waals surface area contributed by atoms with Crippen LogP contribution >= 0.6 is 0 Å². The molecule has 2 amide bonds. The van der Waals surface area contributed by atoms with Gasteiger partial charge in [-0.1, -0.05) is 30.3 Å². The van der Waals surface area contributed by atoms with Crippen LogP contribution in [0.25, 0.3) is 0 Å². The van der Waals surface area contributed by atoms with Gasteiger partial charge in [-0.3, -0.25) is 4.79 Å². The van der Waals surface area contributed by atoms with Crippen molar-refractivity contribution < 1.29 is 28.6 Å². The molecule has 2 saturated heterocycles. The summed E-state index contributed by atoms with van der Waals surface area (Å²) in [6.45, 7) is 9.13. The van der Waals surface area contributed by atoms with Crippen LogP contribution in [0.5, 0.6) is 0 Å². The number of rotatable bonds is 4. The third kappa shape index (κ3) is 5.89. The average molecular weight is 433 g/mol. The number of hydrogen-bond acceptors (Lipinski definition) is 6. The highest BCUT2D eigenvalue weighted by atomic mass is 16.6. The first-order chi connectivity index (χ1) is 14.7. The van der Waals surface area contributed by atoms with E-state index in [9.17, 15) is 14.4 Å². The van der Waals surface area contributed by atoms with Crippen LogP contribution in [0, 0.1) is 17.8 Å². The molecule has 3 atom stereocenters. The fourth-order valence-corrected chi connectivity index (χ4v) is 4.21. The molecule has 1 aromatic rings. The van der Waals surface area contributed by atoms with Crippen molar-refractivity contribution in [1.29, 1.82) is 0 Å². The first-order valence-corrected chi connectivity index (χ1v) is 10.8. The van der Waals surface area contributed by atoms with Gasteiger partial charge in [-0.2, -0.15) is 0 Å². The second kappa shape index (κ2) is 9.58. The molecule has 170 valence electrons. The summed E-state index contributed by atoms with van der Waals surface area (Å²) >= 11 is 0. The molecule has 1 aromatic carbocycles. The number of carbonyl (C=O) groups excluding carboxylic acids is 3. The summed E-state index contributed by atoms with van der Waals surface area (Å²) < 4.78 is 16.2. The number of esters is 1. The minimum atomic E-state index is -0.599. The molecule has 0 saturated carbocycles. The second-order valence-corrected chi connectivity index (χ2v) is 9.11. The van der Waals surface area contributed by atoms with Crippen molar-refractivity contribution in [1.82, 2.24) is 9.80 Å². The van der Waals surface area contributed by atoms with Gasteiger partial charge in [0.2, 0.25) is 0 Å². The normalized spacial score (nSPS) is 23.2. The lowest BCUT2D eigenvalue weighted by atomic mass is 9.80. The number of fused-ring (bicyclic) bond motifs is 1. The Bertz CT molecular complexity index is 791. The number of ether oxygens (including phenoxy) is 3. The minimum Gasteiger partial charge on any atom is -0.466 e. The molecule has 8 heteroatoms. The largest absolute Gasteiger partial charge is 0.466 e. The van der Waals surface area contributed by atoms with Crippen LogP contribution in [-0.2, 0) is 25.6 Å². The molecule has 8 nitrogen and oxygen atoms in total. The zero-order valence-corrected chi connectivity index (χ0v) is 18.7. The van der Waals surface area contributed by atoms with Crippen LogP contribution < -0.4 is 0 Å². The topological polar surface area (TPSA) is 85.4 Å². The molecule has 0 aromatic heterocycles. The van der Waals surface area contributed by atoms with Crippen molar-refractivity contribution in [2.24, 2.45) is 17.8 Å². The van der Waals surface area contributed by atoms with Crippen molar-refractivity contribution >= 4 is 18.2 Å². The van der Waals surface area contributed by atoms with Gasteiger partial charge >= 0.3 is 18.2 Å². The molecule has 2 aliphatic heterocycles. The number of likely N-dealkylation sites (tertiary alicyclic amines) is 2. The lowest BCUT2D eigenvalue weighted by Gasteiger charge is -2.38. The number of amides is 2. The van der Waals surface area contributed by atoms with E-state index in [1.165, 1.54) is 0 Å². The molecule has 3 rings (SSSR count). The molecule has 0 aliphatic carbocycles. The number of piperidine rings is 1. The molecule has 2 aliphatic rings. The maximum absolute atomic E-state index is 12.7. The van der Waals surface area contributed by atoms with E-state index in [1.807, 2.05) is 51.1 Å². The zero-order valence-electron chi connectivity index (χ0n) is 18.7. The Labute approximate surface area is 183 Å². The van der Waals surface area contributed by atoms with Crippen molar-refractivity contribution in [2.45, 2.75) is 39.9 Å².